The van der Waals surface area contributed by atoms with Gasteiger partial charge in [-0.05, 0) is 202 Å². The van der Waals surface area contributed by atoms with Crippen LogP contribution in [0.25, 0.3) is 0 Å². The normalized spacial score (nSPS) is 14.9. The number of benzene rings is 2. The molecular formula is C71H103BrN12O17. The van der Waals surface area contributed by atoms with Crippen LogP contribution >= 0.6 is 15.9 Å². The van der Waals surface area contributed by atoms with Crippen LogP contribution < -0.4 is 39.2 Å². The summed E-state index contributed by atoms with van der Waals surface area (Å²) in [5.74, 6) is -1.12. The number of carbonyl (C=O) groups is 8. The number of amides is 8. The van der Waals surface area contributed by atoms with E-state index in [1.807, 2.05) is 40.1 Å². The molecule has 4 aromatic rings. The Bertz CT molecular complexity index is 3520. The molecule has 0 N–H and O–H groups in total. The number of nitrogens with zero attached hydrogens (tertiary/aromatic N) is 12. The Morgan fingerprint density at radius 2 is 0.634 bits per heavy atom. The average molecular weight is 1480 g/mol. The van der Waals surface area contributed by atoms with Crippen LogP contribution in [0.2, 0.25) is 0 Å². The van der Waals surface area contributed by atoms with Crippen LogP contribution in [0, 0.1) is 0 Å². The zero-order chi connectivity index (χ0) is 75.9. The van der Waals surface area contributed by atoms with Gasteiger partial charge in [-0.15, -0.1) is 9.80 Å². The highest BCUT2D eigenvalue weighted by Crippen LogP contribution is 2.38. The summed E-state index contributed by atoms with van der Waals surface area (Å²) in [6.45, 7) is 45.0. The fourth-order valence-electron chi connectivity index (χ4n) is 9.62. The van der Waals surface area contributed by atoms with Crippen molar-refractivity contribution >= 4 is 111 Å². The predicted octanol–water partition coefficient (Wildman–Crippen LogP) is 15.2. The summed E-state index contributed by atoms with van der Waals surface area (Å²) < 4.78 is 51.1. The predicted molar refractivity (Wildman–Crippen MR) is 387 cm³/mol. The van der Waals surface area contributed by atoms with Gasteiger partial charge in [-0.2, -0.15) is 19.8 Å². The van der Waals surface area contributed by atoms with Crippen LogP contribution in [0.15, 0.2) is 65.4 Å². The van der Waals surface area contributed by atoms with E-state index in [4.69, 9.17) is 42.6 Å². The second-order valence-electron chi connectivity index (χ2n) is 32.2. The van der Waals surface area contributed by atoms with Gasteiger partial charge in [-0.25, -0.2) is 48.3 Å². The quantitative estimate of drug-likeness (QED) is 0.141. The first kappa shape index (κ1) is 81.2. The molecule has 101 heavy (non-hydrogen) atoms. The first-order valence-electron chi connectivity index (χ1n) is 33.5. The van der Waals surface area contributed by atoms with E-state index < -0.39 is 105 Å². The molecule has 0 unspecified atom stereocenters. The fourth-order valence-corrected chi connectivity index (χ4v) is 10.0. The Morgan fingerprint density at radius 1 is 0.376 bits per heavy atom. The van der Waals surface area contributed by atoms with Crippen molar-refractivity contribution in [1.29, 1.82) is 0 Å². The molecule has 0 atom stereocenters. The molecule has 3 aliphatic rings. The van der Waals surface area contributed by atoms with Crippen LogP contribution in [0.3, 0.4) is 0 Å². The fraction of sp³-hybridized carbons (Fsp3) is 0.606. The molecular weight excluding hydrogens is 1370 g/mol. The number of hydrogen-bond acceptors (Lipinski definition) is 25. The molecule has 3 fully saturated rings. The Hall–Kier alpha value is -8.80. The van der Waals surface area contributed by atoms with Gasteiger partial charge in [0.25, 0.3) is 0 Å². The third kappa shape index (κ3) is 24.8. The minimum atomic E-state index is -1.12. The van der Waals surface area contributed by atoms with Gasteiger partial charge in [0.15, 0.2) is 11.6 Å². The lowest BCUT2D eigenvalue weighted by Crippen LogP contribution is -2.49. The molecule has 556 valence electrons. The molecule has 3 aliphatic heterocycles. The highest BCUT2D eigenvalue weighted by atomic mass is 79.9. The number of ether oxygens (including phenoxy) is 9. The van der Waals surface area contributed by atoms with Crippen LogP contribution in [-0.2, 0) is 42.6 Å². The number of halogens is 1. The third-order valence-corrected chi connectivity index (χ3v) is 14.2. The highest BCUT2D eigenvalue weighted by Gasteiger charge is 2.44. The van der Waals surface area contributed by atoms with Gasteiger partial charge in [-0.1, -0.05) is 34.1 Å². The highest BCUT2D eigenvalue weighted by molar-refractivity contribution is 9.10. The van der Waals surface area contributed by atoms with Crippen molar-refractivity contribution in [3.8, 4) is 0 Å². The molecule has 8 amide bonds. The van der Waals surface area contributed by atoms with E-state index >= 15 is 0 Å². The summed E-state index contributed by atoms with van der Waals surface area (Å²) >= 11 is 3.53. The molecule has 0 bridgehead atoms. The van der Waals surface area contributed by atoms with Crippen LogP contribution in [0.5, 0.6) is 0 Å². The van der Waals surface area contributed by atoms with Crippen molar-refractivity contribution in [2.45, 2.75) is 217 Å². The molecule has 0 saturated carbocycles. The number of rotatable bonds is 9. The molecule has 7 rings (SSSR count). The van der Waals surface area contributed by atoms with Gasteiger partial charge >= 0.3 is 48.7 Å². The standard InChI is InChI=1S/C37H54N6O9.C34H49BrN6O8/c1-34(2,3)49-30(44)42(31(45)50-35(4,5)6)28-27(41-18-16-40(17-19-41)26-15-13-14-24(20-26)25-22-48-23-25)21-38-29(39-28)43(32(46)51-36(7,8)9)33(47)52-37(10,11)12;1-31(2,3)46-27(42)40(28(43)47-32(4,5)6)25-24(39-18-16-38(17-19-39)23-15-13-14-22(35)20-23)21-36-26(37-25)41(29(44)48-33(7,8)9)30(45)49-34(10,11)12/h13-15,20-21,25H,16-19,22-23H2,1-12H3;13-15,20-21H,16-19H2,1-12H3. The Morgan fingerprint density at radius 3 is 0.891 bits per heavy atom. The first-order chi connectivity index (χ1) is 46.2. The average Bonchev–Trinajstić information content (AvgIpc) is 0.777. The molecule has 30 heteroatoms. The van der Waals surface area contributed by atoms with Gasteiger partial charge in [0.05, 0.1) is 25.6 Å². The van der Waals surface area contributed by atoms with Crippen molar-refractivity contribution < 1.29 is 81.0 Å². The Balaban J connectivity index is 0.000000318. The van der Waals surface area contributed by atoms with E-state index in [1.165, 1.54) is 18.0 Å². The van der Waals surface area contributed by atoms with E-state index in [0.717, 1.165) is 15.8 Å². The van der Waals surface area contributed by atoms with Crippen LogP contribution in [0.4, 0.5) is 84.6 Å². The van der Waals surface area contributed by atoms with Crippen LogP contribution in [0.1, 0.15) is 178 Å². The van der Waals surface area contributed by atoms with Gasteiger partial charge in [0, 0.05) is 74.1 Å². The SMILES string of the molecule is CC(C)(C)OC(=O)N(C(=O)OC(C)(C)C)c1ncc(N2CCN(c3cccc(Br)c3)CC2)c(N(C(=O)OC(C)(C)C)C(=O)OC(C)(C)C)n1.CC(C)(C)OC(=O)N(C(=O)OC(C)(C)C)c1ncc(N2CCN(c3cccc(C4COC4)c3)CC2)c(N(C(=O)OC(C)(C)C)C(=O)OC(C)(C)C)n1. The Kier molecular flexibility index (Phi) is 25.4. The largest absolute Gasteiger partial charge is 0.443 e. The first-order valence-corrected chi connectivity index (χ1v) is 34.2. The van der Waals surface area contributed by atoms with E-state index in [-0.39, 0.29) is 23.0 Å². The molecule has 0 radical (unpaired) electrons. The van der Waals surface area contributed by atoms with E-state index in [2.05, 4.69) is 63.9 Å². The zero-order valence-corrected chi connectivity index (χ0v) is 64.7. The topological polar surface area (TPSA) is 297 Å². The van der Waals surface area contributed by atoms with Crippen LogP contribution in [-0.4, -0.2) is 179 Å². The number of aromatic nitrogens is 4. The molecule has 2 aromatic carbocycles. The monoisotopic (exact) mass is 1470 g/mol. The van der Waals surface area contributed by atoms with Gasteiger partial charge in [0.2, 0.25) is 11.9 Å². The molecule has 0 spiro atoms. The minimum Gasteiger partial charge on any atom is -0.443 e. The van der Waals surface area contributed by atoms with Crippen molar-refractivity contribution in [1.82, 2.24) is 19.9 Å². The maximum Gasteiger partial charge on any atom is 0.427 e. The number of carbonyl (C=O) groups excluding carboxylic acids is 8. The lowest BCUT2D eigenvalue weighted by Gasteiger charge is -2.39. The molecule has 29 nitrogen and oxygen atoms in total. The lowest BCUT2D eigenvalue weighted by molar-refractivity contribution is 0.00842. The smallest absolute Gasteiger partial charge is 0.427 e. The summed E-state index contributed by atoms with van der Waals surface area (Å²) in [5, 5.41) is 0. The number of imide groups is 4. The number of anilines is 8. The number of piperazine rings is 2. The second-order valence-corrected chi connectivity index (χ2v) is 33.1. The summed E-state index contributed by atoms with van der Waals surface area (Å²) in [4.78, 5) is 138. The van der Waals surface area contributed by atoms with Crippen molar-refractivity contribution in [3.63, 3.8) is 0 Å². The molecule has 3 saturated heterocycles. The zero-order valence-electron chi connectivity index (χ0n) is 63.1. The second kappa shape index (κ2) is 31.6. The number of hydrogen-bond donors (Lipinski definition) is 0. The van der Waals surface area contributed by atoms with Crippen molar-refractivity contribution in [3.05, 3.63) is 71.0 Å². The van der Waals surface area contributed by atoms with E-state index in [0.29, 0.717) is 91.1 Å². The van der Waals surface area contributed by atoms with E-state index in [9.17, 15) is 38.4 Å². The molecule has 2 aromatic heterocycles. The van der Waals surface area contributed by atoms with E-state index in [1.54, 1.807) is 166 Å². The Labute approximate surface area is 601 Å². The summed E-state index contributed by atoms with van der Waals surface area (Å²) in [7, 11) is 0. The van der Waals surface area contributed by atoms with Crippen molar-refractivity contribution in [2.75, 3.05) is 105 Å². The van der Waals surface area contributed by atoms with Gasteiger partial charge in [0.1, 0.15) is 56.2 Å². The van der Waals surface area contributed by atoms with Crippen molar-refractivity contribution in [2.24, 2.45) is 0 Å². The summed E-state index contributed by atoms with van der Waals surface area (Å²) in [6, 6.07) is 16.3. The third-order valence-electron chi connectivity index (χ3n) is 13.7. The molecule has 5 heterocycles. The maximum atomic E-state index is 13.9. The lowest BCUT2D eigenvalue weighted by atomic mass is 9.97. The molecule has 0 aliphatic carbocycles. The van der Waals surface area contributed by atoms with Gasteiger partial charge in [-0.3, -0.25) is 0 Å². The summed E-state index contributed by atoms with van der Waals surface area (Å²) in [5.41, 5.74) is -4.23. The van der Waals surface area contributed by atoms with Gasteiger partial charge < -0.3 is 62.2 Å². The minimum absolute atomic E-state index is 0.258. The maximum absolute atomic E-state index is 13.9. The summed E-state index contributed by atoms with van der Waals surface area (Å²) in [6.07, 6.45) is -6.11.